The van der Waals surface area contributed by atoms with Gasteiger partial charge in [-0.15, -0.1) is 5.10 Å². The number of aromatic nitrogens is 1. The van der Waals surface area contributed by atoms with Gasteiger partial charge in [-0.3, -0.25) is 5.43 Å². The molecule has 3 aromatic rings. The topological polar surface area (TPSA) is 67.7 Å². The van der Waals surface area contributed by atoms with Gasteiger partial charge in [0.15, 0.2) is 6.73 Å². The standard InChI is InChI=1S/C20H21ClN4O2S/c1-3-20(19-23-22-13-27-19,14-7-9-15(21)10-8-14)25-12-11-16-17(24-28(2)26)5-4-6-18(16)25/h4-12,22,24H,3,13H2,1-2H3. The molecule has 6 nitrogen and oxygen atoms in total. The summed E-state index contributed by atoms with van der Waals surface area (Å²) in [5.41, 5.74) is 5.12. The number of hydrogen-bond donors (Lipinski definition) is 2. The van der Waals surface area contributed by atoms with Gasteiger partial charge >= 0.3 is 0 Å². The molecule has 4 rings (SSSR count). The summed E-state index contributed by atoms with van der Waals surface area (Å²) in [7, 11) is -1.16. The van der Waals surface area contributed by atoms with Crippen LogP contribution in [-0.4, -0.2) is 27.7 Å². The maximum Gasteiger partial charge on any atom is 0.238 e. The van der Waals surface area contributed by atoms with Crippen molar-refractivity contribution in [3.8, 4) is 0 Å². The average Bonchev–Trinajstić information content (AvgIpc) is 3.35. The lowest BCUT2D eigenvalue weighted by Crippen LogP contribution is -2.42. The maximum absolute atomic E-state index is 11.7. The van der Waals surface area contributed by atoms with E-state index in [-0.39, 0.29) is 0 Å². The van der Waals surface area contributed by atoms with Gasteiger partial charge in [0.2, 0.25) is 5.90 Å². The van der Waals surface area contributed by atoms with Crippen LogP contribution in [0.25, 0.3) is 10.9 Å². The quantitative estimate of drug-likeness (QED) is 0.637. The molecule has 2 aromatic carbocycles. The van der Waals surface area contributed by atoms with Crippen LogP contribution in [0.1, 0.15) is 18.9 Å². The average molecular weight is 417 g/mol. The Hall–Kier alpha value is -2.51. The fourth-order valence-corrected chi connectivity index (χ4v) is 4.42. The lowest BCUT2D eigenvalue weighted by atomic mass is 9.86. The molecule has 146 valence electrons. The van der Waals surface area contributed by atoms with Crippen molar-refractivity contribution in [2.45, 2.75) is 18.9 Å². The lowest BCUT2D eigenvalue weighted by Gasteiger charge is -2.34. The largest absolute Gasteiger partial charge is 0.455 e. The van der Waals surface area contributed by atoms with Crippen LogP contribution in [0.4, 0.5) is 5.69 Å². The van der Waals surface area contributed by atoms with Gasteiger partial charge in [-0.25, -0.2) is 4.21 Å². The van der Waals surface area contributed by atoms with E-state index >= 15 is 0 Å². The summed E-state index contributed by atoms with van der Waals surface area (Å²) in [4.78, 5) is 0. The molecule has 0 amide bonds. The Morgan fingerprint density at radius 2 is 2.07 bits per heavy atom. The van der Waals surface area contributed by atoms with Gasteiger partial charge in [-0.2, -0.15) is 0 Å². The Bertz CT molecular complexity index is 1060. The number of benzene rings is 2. The van der Waals surface area contributed by atoms with E-state index in [2.05, 4.69) is 26.7 Å². The zero-order chi connectivity index (χ0) is 19.7. The summed E-state index contributed by atoms with van der Waals surface area (Å²) < 4.78 is 22.8. The molecule has 1 aliphatic rings. The molecular weight excluding hydrogens is 396 g/mol. The van der Waals surface area contributed by atoms with Crippen LogP contribution in [-0.2, 0) is 21.3 Å². The lowest BCUT2D eigenvalue weighted by molar-refractivity contribution is 0.273. The number of anilines is 1. The summed E-state index contributed by atoms with van der Waals surface area (Å²) in [5, 5.41) is 6.10. The summed E-state index contributed by atoms with van der Waals surface area (Å²) >= 11 is 6.14. The first kappa shape index (κ1) is 18.8. The molecule has 1 aliphatic heterocycles. The van der Waals surface area contributed by atoms with Crippen molar-refractivity contribution in [2.24, 2.45) is 5.10 Å². The molecular formula is C20H21ClN4O2S. The highest BCUT2D eigenvalue weighted by Crippen LogP contribution is 2.38. The van der Waals surface area contributed by atoms with Crippen molar-refractivity contribution in [3.05, 3.63) is 65.3 Å². The molecule has 0 radical (unpaired) electrons. The zero-order valence-corrected chi connectivity index (χ0v) is 17.2. The van der Waals surface area contributed by atoms with Crippen LogP contribution in [0.15, 0.2) is 59.8 Å². The minimum Gasteiger partial charge on any atom is -0.455 e. The van der Waals surface area contributed by atoms with E-state index in [9.17, 15) is 4.21 Å². The molecule has 0 saturated heterocycles. The normalized spacial score (nSPS) is 16.8. The van der Waals surface area contributed by atoms with Gasteiger partial charge in [0.05, 0.1) is 11.2 Å². The van der Waals surface area contributed by atoms with Crippen molar-refractivity contribution in [3.63, 3.8) is 0 Å². The SMILES string of the molecule is CCC(C1=NNCO1)(c1ccc(Cl)cc1)n1ccc2c(NS(C)=O)cccc21. The van der Waals surface area contributed by atoms with Gasteiger partial charge in [-0.05, 0) is 42.3 Å². The smallest absolute Gasteiger partial charge is 0.238 e. The van der Waals surface area contributed by atoms with Crippen molar-refractivity contribution in [1.29, 1.82) is 0 Å². The van der Waals surface area contributed by atoms with E-state index in [1.165, 1.54) is 0 Å². The number of nitrogens with one attached hydrogen (secondary N) is 2. The fourth-order valence-electron chi connectivity index (χ4n) is 3.81. The second-order valence-electron chi connectivity index (χ2n) is 6.56. The third-order valence-corrected chi connectivity index (χ3v) is 5.80. The molecule has 1 aromatic heterocycles. The predicted molar refractivity (Wildman–Crippen MR) is 115 cm³/mol. The van der Waals surface area contributed by atoms with E-state index in [1.807, 2.05) is 54.7 Å². The molecule has 2 atom stereocenters. The molecule has 0 bridgehead atoms. The van der Waals surface area contributed by atoms with Crippen molar-refractivity contribution in [1.82, 2.24) is 9.99 Å². The van der Waals surface area contributed by atoms with Gasteiger partial charge in [-0.1, -0.05) is 36.7 Å². The zero-order valence-electron chi connectivity index (χ0n) is 15.6. The number of fused-ring (bicyclic) bond motifs is 1. The summed E-state index contributed by atoms with van der Waals surface area (Å²) in [5.74, 6) is 0.604. The maximum atomic E-state index is 11.7. The van der Waals surface area contributed by atoms with Gasteiger partial charge in [0, 0.05) is 22.9 Å². The van der Waals surface area contributed by atoms with Gasteiger partial charge in [0.1, 0.15) is 16.5 Å². The Balaban J connectivity index is 1.97. The number of rotatable bonds is 6. The predicted octanol–water partition coefficient (Wildman–Crippen LogP) is 4.04. The van der Waals surface area contributed by atoms with Crippen LogP contribution < -0.4 is 10.1 Å². The summed E-state index contributed by atoms with van der Waals surface area (Å²) in [6.45, 7) is 2.44. The molecule has 2 heterocycles. The Kier molecular flexibility index (Phi) is 5.03. The van der Waals surface area contributed by atoms with Crippen molar-refractivity contribution >= 4 is 45.1 Å². The third-order valence-electron chi connectivity index (χ3n) is 5.04. The molecule has 0 spiro atoms. The van der Waals surface area contributed by atoms with Crippen LogP contribution in [0, 0.1) is 0 Å². The van der Waals surface area contributed by atoms with Crippen LogP contribution >= 0.6 is 11.6 Å². The monoisotopic (exact) mass is 416 g/mol. The fraction of sp³-hybridized carbons (Fsp3) is 0.250. The van der Waals surface area contributed by atoms with Crippen molar-refractivity contribution < 1.29 is 8.95 Å². The molecule has 28 heavy (non-hydrogen) atoms. The van der Waals surface area contributed by atoms with Crippen LogP contribution in [0.3, 0.4) is 0 Å². The second-order valence-corrected chi connectivity index (χ2v) is 8.11. The number of halogens is 1. The number of nitrogens with zero attached hydrogens (tertiary/aromatic N) is 2. The summed E-state index contributed by atoms with van der Waals surface area (Å²) in [6.07, 6.45) is 4.36. The van der Waals surface area contributed by atoms with E-state index in [4.69, 9.17) is 16.3 Å². The van der Waals surface area contributed by atoms with Crippen molar-refractivity contribution in [2.75, 3.05) is 17.7 Å². The van der Waals surface area contributed by atoms with Gasteiger partial charge in [0.25, 0.3) is 0 Å². The van der Waals surface area contributed by atoms with Gasteiger partial charge < -0.3 is 14.0 Å². The van der Waals surface area contributed by atoms with E-state index in [0.717, 1.165) is 28.6 Å². The number of hydrazone groups is 1. The first-order valence-corrected chi connectivity index (χ1v) is 10.9. The first-order valence-electron chi connectivity index (χ1n) is 8.97. The van der Waals surface area contributed by atoms with E-state index in [1.54, 1.807) is 6.26 Å². The van der Waals surface area contributed by atoms with E-state index in [0.29, 0.717) is 17.7 Å². The second kappa shape index (κ2) is 7.48. The Morgan fingerprint density at radius 3 is 2.71 bits per heavy atom. The Morgan fingerprint density at radius 1 is 1.29 bits per heavy atom. The Labute approximate surface area is 171 Å². The summed E-state index contributed by atoms with van der Waals surface area (Å²) in [6, 6.07) is 15.7. The number of ether oxygens (including phenoxy) is 1. The number of hydrogen-bond acceptors (Lipinski definition) is 4. The molecule has 2 unspecified atom stereocenters. The molecule has 8 heteroatoms. The molecule has 0 saturated carbocycles. The first-order chi connectivity index (χ1) is 13.6. The molecule has 0 aliphatic carbocycles. The molecule has 0 fully saturated rings. The van der Waals surface area contributed by atoms with E-state index < -0.39 is 16.5 Å². The van der Waals surface area contributed by atoms with Crippen LogP contribution in [0.2, 0.25) is 5.02 Å². The highest BCUT2D eigenvalue weighted by atomic mass is 35.5. The minimum absolute atomic E-state index is 0.339. The third kappa shape index (κ3) is 3.04. The minimum atomic E-state index is -1.16. The van der Waals surface area contributed by atoms with Crippen LogP contribution in [0.5, 0.6) is 0 Å². The highest BCUT2D eigenvalue weighted by Gasteiger charge is 2.42. The highest BCUT2D eigenvalue weighted by molar-refractivity contribution is 7.85. The molecule has 2 N–H and O–H groups in total.